The fourth-order valence-electron chi connectivity index (χ4n) is 1.88. The van der Waals surface area contributed by atoms with Crippen LogP contribution in [0.2, 0.25) is 0 Å². The third-order valence-electron chi connectivity index (χ3n) is 2.72. The summed E-state index contributed by atoms with van der Waals surface area (Å²) in [6.45, 7) is 3.52. The number of fused-ring (bicyclic) bond motifs is 1. The zero-order chi connectivity index (χ0) is 14.0. The van der Waals surface area contributed by atoms with E-state index in [0.29, 0.717) is 5.69 Å². The molecule has 0 saturated heterocycles. The molecule has 0 aromatic heterocycles. The molecule has 1 atom stereocenters. The number of rotatable bonds is 3. The molecule has 0 saturated carbocycles. The van der Waals surface area contributed by atoms with E-state index in [9.17, 15) is 14.0 Å². The predicted octanol–water partition coefficient (Wildman–Crippen LogP) is 2.22. The van der Waals surface area contributed by atoms with Gasteiger partial charge in [-0.1, -0.05) is 0 Å². The van der Waals surface area contributed by atoms with Crippen LogP contribution in [0.25, 0.3) is 0 Å². The molecule has 1 aliphatic rings. The average Bonchev–Trinajstić information content (AvgIpc) is 2.36. The number of hydrogen-bond acceptors (Lipinski definition) is 4. The van der Waals surface area contributed by atoms with Gasteiger partial charge in [0.05, 0.1) is 17.5 Å². The van der Waals surface area contributed by atoms with Gasteiger partial charge < -0.3 is 4.74 Å². The van der Waals surface area contributed by atoms with Crippen molar-refractivity contribution < 1.29 is 18.7 Å². The van der Waals surface area contributed by atoms with Crippen LogP contribution < -0.4 is 4.90 Å². The van der Waals surface area contributed by atoms with Crippen molar-refractivity contribution in [3.63, 3.8) is 0 Å². The van der Waals surface area contributed by atoms with Gasteiger partial charge >= 0.3 is 5.97 Å². The minimum Gasteiger partial charge on any atom is -0.465 e. The van der Waals surface area contributed by atoms with Gasteiger partial charge in [-0.25, -0.2) is 4.39 Å². The summed E-state index contributed by atoms with van der Waals surface area (Å²) in [4.78, 5) is 25.7. The van der Waals surface area contributed by atoms with Gasteiger partial charge in [-0.3, -0.25) is 14.5 Å². The summed E-state index contributed by atoms with van der Waals surface area (Å²) < 4.78 is 18.2. The van der Waals surface area contributed by atoms with Crippen LogP contribution in [0, 0.1) is 5.82 Å². The number of ether oxygens (including phenoxy) is 1. The van der Waals surface area contributed by atoms with E-state index >= 15 is 0 Å². The number of thioether (sulfide) groups is 1. The first-order chi connectivity index (χ1) is 9.02. The SMILES string of the molecule is CCOC(=O)CN1C(=O)C(C)Sc2ccc(F)cc21. The van der Waals surface area contributed by atoms with Gasteiger partial charge in [0.2, 0.25) is 5.91 Å². The number of hydrogen-bond donors (Lipinski definition) is 0. The first-order valence-corrected chi connectivity index (χ1v) is 6.84. The summed E-state index contributed by atoms with van der Waals surface area (Å²) in [7, 11) is 0. The maximum absolute atomic E-state index is 13.3. The van der Waals surface area contributed by atoms with E-state index in [4.69, 9.17) is 4.74 Å². The third-order valence-corrected chi connectivity index (χ3v) is 3.88. The lowest BCUT2D eigenvalue weighted by molar-refractivity contribution is -0.142. The van der Waals surface area contributed by atoms with E-state index < -0.39 is 11.8 Å². The van der Waals surface area contributed by atoms with E-state index in [-0.39, 0.29) is 24.3 Å². The van der Waals surface area contributed by atoms with Gasteiger partial charge in [-0.2, -0.15) is 0 Å². The fraction of sp³-hybridized carbons (Fsp3) is 0.385. The molecule has 1 heterocycles. The number of amides is 1. The maximum Gasteiger partial charge on any atom is 0.326 e. The normalized spacial score (nSPS) is 18.2. The summed E-state index contributed by atoms with van der Waals surface area (Å²) in [5, 5.41) is -0.299. The molecule has 6 heteroatoms. The molecule has 1 aromatic carbocycles. The van der Waals surface area contributed by atoms with E-state index in [2.05, 4.69) is 0 Å². The lowest BCUT2D eigenvalue weighted by atomic mass is 10.2. The Kier molecular flexibility index (Phi) is 4.09. The summed E-state index contributed by atoms with van der Waals surface area (Å²) in [5.41, 5.74) is 0.432. The Hall–Kier alpha value is -1.56. The standard InChI is InChI=1S/C13H14FNO3S/c1-3-18-12(16)7-15-10-6-9(14)4-5-11(10)19-8(2)13(15)17/h4-6,8H,3,7H2,1-2H3. The molecule has 19 heavy (non-hydrogen) atoms. The van der Waals surface area contributed by atoms with Crippen molar-refractivity contribution in [1.82, 2.24) is 0 Å². The predicted molar refractivity (Wildman–Crippen MR) is 70.7 cm³/mol. The second-order valence-electron chi connectivity index (χ2n) is 4.10. The first-order valence-electron chi connectivity index (χ1n) is 5.96. The molecule has 4 nitrogen and oxygen atoms in total. The van der Waals surface area contributed by atoms with Crippen molar-refractivity contribution in [2.24, 2.45) is 0 Å². The van der Waals surface area contributed by atoms with Crippen molar-refractivity contribution in [3.05, 3.63) is 24.0 Å². The molecule has 2 rings (SSSR count). The van der Waals surface area contributed by atoms with Crippen molar-refractivity contribution in [2.45, 2.75) is 24.0 Å². The van der Waals surface area contributed by atoms with Gasteiger partial charge in [-0.15, -0.1) is 11.8 Å². The van der Waals surface area contributed by atoms with Crippen LogP contribution in [0.1, 0.15) is 13.8 Å². The number of carbonyl (C=O) groups excluding carboxylic acids is 2. The summed E-state index contributed by atoms with van der Waals surface area (Å²) >= 11 is 1.36. The van der Waals surface area contributed by atoms with Crippen LogP contribution in [0.5, 0.6) is 0 Å². The Bertz CT molecular complexity index is 521. The highest BCUT2D eigenvalue weighted by molar-refractivity contribution is 8.00. The van der Waals surface area contributed by atoms with Gasteiger partial charge in [-0.05, 0) is 32.0 Å². The number of esters is 1. The average molecular weight is 283 g/mol. The van der Waals surface area contributed by atoms with Crippen molar-refractivity contribution >= 4 is 29.3 Å². The van der Waals surface area contributed by atoms with E-state index in [1.807, 2.05) is 0 Å². The van der Waals surface area contributed by atoms with Gasteiger partial charge in [0.25, 0.3) is 0 Å². The van der Waals surface area contributed by atoms with Crippen LogP contribution in [0.3, 0.4) is 0 Å². The Balaban J connectivity index is 2.33. The van der Waals surface area contributed by atoms with Crippen LogP contribution >= 0.6 is 11.8 Å². The highest BCUT2D eigenvalue weighted by Gasteiger charge is 2.32. The van der Waals surface area contributed by atoms with Crippen molar-refractivity contribution in [1.29, 1.82) is 0 Å². The molecule has 0 aliphatic carbocycles. The van der Waals surface area contributed by atoms with Crippen LogP contribution in [-0.2, 0) is 14.3 Å². The number of carbonyl (C=O) groups is 2. The lowest BCUT2D eigenvalue weighted by Crippen LogP contribution is -2.43. The third kappa shape index (κ3) is 2.89. The Morgan fingerprint density at radius 1 is 1.53 bits per heavy atom. The minimum atomic E-state index is -0.495. The molecule has 1 unspecified atom stereocenters. The summed E-state index contributed by atoms with van der Waals surface area (Å²) in [5.74, 6) is -1.14. The number of halogens is 1. The first kappa shape index (κ1) is 13.9. The monoisotopic (exact) mass is 283 g/mol. The lowest BCUT2D eigenvalue weighted by Gasteiger charge is -2.31. The minimum absolute atomic E-state index is 0.186. The molecule has 1 aromatic rings. The number of anilines is 1. The topological polar surface area (TPSA) is 46.6 Å². The number of benzene rings is 1. The van der Waals surface area contributed by atoms with Gasteiger partial charge in [0.1, 0.15) is 12.4 Å². The molecule has 0 spiro atoms. The highest BCUT2D eigenvalue weighted by atomic mass is 32.2. The Morgan fingerprint density at radius 3 is 2.95 bits per heavy atom. The second kappa shape index (κ2) is 5.61. The van der Waals surface area contributed by atoms with Gasteiger partial charge in [0, 0.05) is 4.90 Å². The quantitative estimate of drug-likeness (QED) is 0.798. The van der Waals surface area contributed by atoms with Crippen LogP contribution in [-0.4, -0.2) is 30.3 Å². The maximum atomic E-state index is 13.3. The van der Waals surface area contributed by atoms with E-state index in [1.54, 1.807) is 19.9 Å². The molecule has 1 aliphatic heterocycles. The van der Waals surface area contributed by atoms with Gasteiger partial charge in [0.15, 0.2) is 0 Å². The Labute approximate surface area is 114 Å². The summed E-state index contributed by atoms with van der Waals surface area (Å²) in [6, 6.07) is 4.23. The van der Waals surface area contributed by atoms with E-state index in [1.165, 1.54) is 28.8 Å². The molecule has 1 amide bonds. The van der Waals surface area contributed by atoms with Crippen LogP contribution in [0.15, 0.2) is 23.1 Å². The van der Waals surface area contributed by atoms with Crippen molar-refractivity contribution in [3.8, 4) is 0 Å². The molecule has 0 fully saturated rings. The zero-order valence-electron chi connectivity index (χ0n) is 10.7. The number of nitrogens with zero attached hydrogens (tertiary/aromatic N) is 1. The molecule has 0 N–H and O–H groups in total. The van der Waals surface area contributed by atoms with E-state index in [0.717, 1.165) is 4.90 Å². The summed E-state index contributed by atoms with van der Waals surface area (Å²) in [6.07, 6.45) is 0. The smallest absolute Gasteiger partial charge is 0.326 e. The molecule has 0 bridgehead atoms. The Morgan fingerprint density at radius 2 is 2.26 bits per heavy atom. The zero-order valence-corrected chi connectivity index (χ0v) is 11.5. The van der Waals surface area contributed by atoms with Crippen LogP contribution in [0.4, 0.5) is 10.1 Å². The largest absolute Gasteiger partial charge is 0.465 e. The second-order valence-corrected chi connectivity index (χ2v) is 5.48. The fourth-order valence-corrected chi connectivity index (χ4v) is 2.92. The molecule has 102 valence electrons. The molecular formula is C13H14FNO3S. The highest BCUT2D eigenvalue weighted by Crippen LogP contribution is 2.39. The molecule has 0 radical (unpaired) electrons. The molecular weight excluding hydrogens is 269 g/mol. The van der Waals surface area contributed by atoms with Crippen molar-refractivity contribution in [2.75, 3.05) is 18.1 Å².